The van der Waals surface area contributed by atoms with Gasteiger partial charge in [0, 0.05) is 6.92 Å². The molecule has 27 heavy (non-hydrogen) atoms. The van der Waals surface area contributed by atoms with Crippen molar-refractivity contribution in [2.24, 2.45) is 0 Å². The number of aliphatic hydroxyl groups is 2. The number of imidazole rings is 1. The van der Waals surface area contributed by atoms with E-state index in [0.717, 1.165) is 10.9 Å². The molecule has 1 saturated heterocycles. The fourth-order valence-electron chi connectivity index (χ4n) is 2.77. The van der Waals surface area contributed by atoms with Crippen LogP contribution < -0.4 is 11.0 Å². The highest BCUT2D eigenvalue weighted by Crippen LogP contribution is 2.44. The van der Waals surface area contributed by atoms with Gasteiger partial charge in [-0.2, -0.15) is 4.98 Å². The highest BCUT2D eigenvalue weighted by molar-refractivity contribution is 7.46. The van der Waals surface area contributed by atoms with Crippen molar-refractivity contribution in [1.29, 1.82) is 0 Å². The Morgan fingerprint density at radius 1 is 1.52 bits per heavy atom. The van der Waals surface area contributed by atoms with Crippen LogP contribution in [0.4, 0.5) is 5.82 Å². The van der Waals surface area contributed by atoms with Crippen LogP contribution in [0.25, 0.3) is 11.2 Å². The number of aromatic nitrogens is 4. The maximum absolute atomic E-state index is 11.8. The molecule has 1 aliphatic rings. The van der Waals surface area contributed by atoms with Crippen molar-refractivity contribution >= 4 is 30.7 Å². The lowest BCUT2D eigenvalue weighted by molar-refractivity contribution is -0.114. The normalized spacial score (nSPS) is 25.8. The van der Waals surface area contributed by atoms with Crippen LogP contribution in [-0.2, 0) is 18.6 Å². The topological polar surface area (TPSA) is 209 Å². The number of fused-ring (bicyclic) bond motifs is 1. The SMILES string of the molecule is CC(=O)Nc1[nH]c(=O)nc2c1ncn2[C@@H]1O[C@H](CO)[C@@H](OP(=O)(O)O)[C@H]1O. The highest BCUT2D eigenvalue weighted by atomic mass is 31.2. The number of aromatic amines is 1. The molecule has 148 valence electrons. The Bertz CT molecular complexity index is 968. The average molecular weight is 405 g/mol. The summed E-state index contributed by atoms with van der Waals surface area (Å²) in [6, 6.07) is 0. The number of hydrogen-bond donors (Lipinski definition) is 6. The summed E-state index contributed by atoms with van der Waals surface area (Å²) in [5.41, 5.74) is -0.803. The number of phosphoric acid groups is 1. The van der Waals surface area contributed by atoms with Gasteiger partial charge in [-0.15, -0.1) is 0 Å². The van der Waals surface area contributed by atoms with Gasteiger partial charge < -0.3 is 30.1 Å². The molecule has 0 aromatic carbocycles. The molecule has 6 N–H and O–H groups in total. The van der Waals surface area contributed by atoms with Gasteiger partial charge in [-0.3, -0.25) is 18.9 Å². The van der Waals surface area contributed by atoms with E-state index in [1.807, 2.05) is 0 Å². The molecule has 2 aromatic heterocycles. The minimum absolute atomic E-state index is 0.0227. The minimum Gasteiger partial charge on any atom is -0.394 e. The van der Waals surface area contributed by atoms with Gasteiger partial charge in [0.25, 0.3) is 0 Å². The smallest absolute Gasteiger partial charge is 0.394 e. The molecule has 0 spiro atoms. The van der Waals surface area contributed by atoms with E-state index in [9.17, 15) is 24.4 Å². The first-order valence-corrected chi connectivity index (χ1v) is 9.06. The Morgan fingerprint density at radius 2 is 2.22 bits per heavy atom. The third-order valence-corrected chi connectivity index (χ3v) is 4.29. The molecule has 14 nitrogen and oxygen atoms in total. The van der Waals surface area contributed by atoms with Gasteiger partial charge >= 0.3 is 13.5 Å². The van der Waals surface area contributed by atoms with Gasteiger partial charge in [-0.05, 0) is 0 Å². The molecule has 0 bridgehead atoms. The van der Waals surface area contributed by atoms with Crippen LogP contribution in [0.2, 0.25) is 0 Å². The van der Waals surface area contributed by atoms with Gasteiger partial charge in [0.2, 0.25) is 5.91 Å². The second kappa shape index (κ2) is 7.09. The predicted octanol–water partition coefficient (Wildman–Crippen LogP) is -2.19. The molecule has 15 heteroatoms. The lowest BCUT2D eigenvalue weighted by atomic mass is 10.1. The molecule has 1 fully saturated rings. The maximum Gasteiger partial charge on any atom is 0.470 e. The Hall–Kier alpha value is -2.19. The molecule has 1 amide bonds. The quantitative estimate of drug-likeness (QED) is 0.294. The van der Waals surface area contributed by atoms with Crippen LogP contribution in [0.3, 0.4) is 0 Å². The Balaban J connectivity index is 2.02. The number of carbonyl (C=O) groups is 1. The summed E-state index contributed by atoms with van der Waals surface area (Å²) in [6.07, 6.45) is -4.60. The van der Waals surface area contributed by atoms with E-state index < -0.39 is 50.6 Å². The summed E-state index contributed by atoms with van der Waals surface area (Å²) in [4.78, 5) is 51.0. The van der Waals surface area contributed by atoms with Crippen LogP contribution in [0, 0.1) is 0 Å². The monoisotopic (exact) mass is 405 g/mol. The van der Waals surface area contributed by atoms with Crippen molar-refractivity contribution in [3.05, 3.63) is 16.8 Å². The molecule has 2 aromatic rings. The zero-order chi connectivity index (χ0) is 19.9. The third kappa shape index (κ3) is 3.91. The van der Waals surface area contributed by atoms with Crippen molar-refractivity contribution in [1.82, 2.24) is 19.5 Å². The minimum atomic E-state index is -4.98. The fourth-order valence-corrected chi connectivity index (χ4v) is 3.35. The molecule has 3 heterocycles. The summed E-state index contributed by atoms with van der Waals surface area (Å²) < 4.78 is 22.1. The first kappa shape index (κ1) is 19.6. The van der Waals surface area contributed by atoms with Gasteiger partial charge in [-0.25, -0.2) is 14.3 Å². The second-order valence-corrected chi connectivity index (χ2v) is 6.91. The van der Waals surface area contributed by atoms with Crippen LogP contribution in [0.15, 0.2) is 11.1 Å². The molecule has 4 atom stereocenters. The Kier molecular flexibility index (Phi) is 5.14. The third-order valence-electron chi connectivity index (χ3n) is 3.77. The number of nitrogens with one attached hydrogen (secondary N) is 2. The molecule has 1 aliphatic heterocycles. The Morgan fingerprint density at radius 3 is 2.81 bits per heavy atom. The van der Waals surface area contributed by atoms with E-state index in [1.54, 1.807) is 0 Å². The zero-order valence-electron chi connectivity index (χ0n) is 13.7. The molecule has 0 aliphatic carbocycles. The first-order chi connectivity index (χ1) is 12.6. The lowest BCUT2D eigenvalue weighted by Crippen LogP contribution is -2.35. The summed E-state index contributed by atoms with van der Waals surface area (Å²) >= 11 is 0. The first-order valence-electron chi connectivity index (χ1n) is 7.53. The number of amides is 1. The van der Waals surface area contributed by atoms with Gasteiger partial charge in [0.1, 0.15) is 29.6 Å². The number of ether oxygens (including phenoxy) is 1. The summed E-state index contributed by atoms with van der Waals surface area (Å²) in [7, 11) is -4.98. The number of aliphatic hydroxyl groups excluding tert-OH is 2. The number of H-pyrrole nitrogens is 1. The average Bonchev–Trinajstić information content (AvgIpc) is 3.07. The standard InChI is InChI=1S/C12H16N5O9P/c1-4(19)14-9-6-10(16-12(21)15-9)17(3-13-6)11-7(20)8(5(2-18)25-11)26-27(22,23)24/h3,5,7-8,11,18,20H,2H2,1H3,(H2,22,23,24)(H2,14,15,16,19,21)/t5-,7-,8-,11-/m1/s1. The highest BCUT2D eigenvalue weighted by Gasteiger charge is 2.48. The van der Waals surface area contributed by atoms with Crippen LogP contribution >= 0.6 is 7.82 Å². The van der Waals surface area contributed by atoms with Crippen LogP contribution in [0.5, 0.6) is 0 Å². The number of rotatable bonds is 5. The number of anilines is 1. The number of phosphoric ester groups is 1. The van der Waals surface area contributed by atoms with E-state index >= 15 is 0 Å². The molecule has 0 unspecified atom stereocenters. The van der Waals surface area contributed by atoms with E-state index in [2.05, 4.69) is 24.8 Å². The van der Waals surface area contributed by atoms with E-state index in [4.69, 9.17) is 14.5 Å². The summed E-state index contributed by atoms with van der Waals surface area (Å²) in [6.45, 7) is 0.525. The van der Waals surface area contributed by atoms with Gasteiger partial charge in [0.05, 0.1) is 12.9 Å². The molecule has 0 saturated carbocycles. The number of hydrogen-bond acceptors (Lipinski definition) is 9. The van der Waals surface area contributed by atoms with Gasteiger partial charge in [0.15, 0.2) is 11.9 Å². The predicted molar refractivity (Wildman–Crippen MR) is 86.4 cm³/mol. The molecular weight excluding hydrogens is 389 g/mol. The van der Waals surface area contributed by atoms with Crippen molar-refractivity contribution in [2.75, 3.05) is 11.9 Å². The number of nitrogens with zero attached hydrogens (tertiary/aromatic N) is 3. The maximum atomic E-state index is 11.8. The largest absolute Gasteiger partial charge is 0.470 e. The summed E-state index contributed by atoms with van der Waals surface area (Å²) in [5, 5.41) is 22.1. The van der Waals surface area contributed by atoms with Crippen molar-refractivity contribution < 1.29 is 38.6 Å². The van der Waals surface area contributed by atoms with E-state index in [0.29, 0.717) is 0 Å². The molecule has 3 rings (SSSR count). The fraction of sp³-hybridized carbons (Fsp3) is 0.500. The lowest BCUT2D eigenvalue weighted by Gasteiger charge is -2.20. The summed E-state index contributed by atoms with van der Waals surface area (Å²) in [5.74, 6) is -0.495. The van der Waals surface area contributed by atoms with Crippen LogP contribution in [-0.4, -0.2) is 70.3 Å². The zero-order valence-corrected chi connectivity index (χ0v) is 14.6. The van der Waals surface area contributed by atoms with Gasteiger partial charge in [-0.1, -0.05) is 0 Å². The van der Waals surface area contributed by atoms with Crippen LogP contribution in [0.1, 0.15) is 13.2 Å². The Labute approximate surface area is 150 Å². The van der Waals surface area contributed by atoms with E-state index in [-0.39, 0.29) is 17.0 Å². The molecular formula is C12H16N5O9P. The van der Waals surface area contributed by atoms with E-state index in [1.165, 1.54) is 6.92 Å². The number of carbonyl (C=O) groups excluding carboxylic acids is 1. The van der Waals surface area contributed by atoms with Crippen molar-refractivity contribution in [3.63, 3.8) is 0 Å². The molecule has 0 radical (unpaired) electrons. The second-order valence-electron chi connectivity index (χ2n) is 5.72. The van der Waals surface area contributed by atoms with Crippen molar-refractivity contribution in [3.8, 4) is 0 Å². The van der Waals surface area contributed by atoms with Crippen molar-refractivity contribution in [2.45, 2.75) is 31.5 Å².